The van der Waals surface area contributed by atoms with Crippen molar-refractivity contribution in [2.45, 2.75) is 0 Å². The molecule has 0 bridgehead atoms. The smallest absolute Gasteiger partial charge is 0.345 e. The fourth-order valence-corrected chi connectivity index (χ4v) is 1.82. The Balaban J connectivity index is 2.61. The van der Waals surface area contributed by atoms with Crippen LogP contribution in [0, 0.1) is 0 Å². The second-order valence-corrected chi connectivity index (χ2v) is 3.92. The number of carboxylic acid groups (broad SMARTS) is 1. The molecule has 0 unspecified atom stereocenters. The van der Waals surface area contributed by atoms with Gasteiger partial charge in [-0.05, 0) is 12.1 Å². The topological polar surface area (TPSA) is 49.8 Å². The molecule has 1 aromatic heterocycles. The zero-order chi connectivity index (χ0) is 10.6. The Bertz CT molecular complexity index is 311. The Morgan fingerprint density at radius 1 is 1.64 bits per heavy atom. The second kappa shape index (κ2) is 4.97. The minimum Gasteiger partial charge on any atom is -0.477 e. The molecule has 0 amide bonds. The Labute approximate surface area is 86.7 Å². The molecule has 0 radical (unpaired) electrons. The van der Waals surface area contributed by atoms with Crippen LogP contribution in [0.25, 0.3) is 0 Å². The number of ether oxygens (including phenoxy) is 1. The molecule has 0 saturated carbocycles. The van der Waals surface area contributed by atoms with Crippen LogP contribution in [-0.2, 0) is 4.74 Å². The first-order chi connectivity index (χ1) is 6.65. The third-order valence-electron chi connectivity index (χ3n) is 1.81. The molecular formula is C9H13NO3S. The molecule has 0 saturated heterocycles. The Kier molecular flexibility index (Phi) is 3.91. The Morgan fingerprint density at radius 3 is 2.86 bits per heavy atom. The molecule has 0 aliphatic carbocycles. The number of carboxylic acids is 1. The van der Waals surface area contributed by atoms with E-state index in [1.807, 2.05) is 18.0 Å². The number of hydrogen-bond acceptors (Lipinski definition) is 4. The summed E-state index contributed by atoms with van der Waals surface area (Å²) in [6.45, 7) is 1.40. The van der Waals surface area contributed by atoms with Crippen LogP contribution in [-0.4, -0.2) is 38.4 Å². The van der Waals surface area contributed by atoms with Crippen LogP contribution in [0.4, 0.5) is 5.00 Å². The Hall–Kier alpha value is -1.07. The molecule has 0 atom stereocenters. The molecule has 4 nitrogen and oxygen atoms in total. The van der Waals surface area contributed by atoms with Gasteiger partial charge in [0.15, 0.2) is 0 Å². The summed E-state index contributed by atoms with van der Waals surface area (Å²) in [6, 6.07) is 3.43. The number of rotatable bonds is 5. The molecular weight excluding hydrogens is 202 g/mol. The number of likely N-dealkylation sites (N-methyl/N-ethyl adjacent to an activating group) is 1. The maximum absolute atomic E-state index is 10.6. The molecule has 0 aliphatic heterocycles. The van der Waals surface area contributed by atoms with E-state index in [0.717, 1.165) is 11.5 Å². The highest BCUT2D eigenvalue weighted by Gasteiger charge is 2.09. The van der Waals surface area contributed by atoms with Gasteiger partial charge in [-0.15, -0.1) is 11.3 Å². The molecule has 1 N–H and O–H groups in total. The van der Waals surface area contributed by atoms with Crippen molar-refractivity contribution in [2.24, 2.45) is 0 Å². The lowest BCUT2D eigenvalue weighted by atomic mass is 10.4. The van der Waals surface area contributed by atoms with Crippen molar-refractivity contribution >= 4 is 22.3 Å². The molecule has 78 valence electrons. The van der Waals surface area contributed by atoms with Gasteiger partial charge in [-0.2, -0.15) is 0 Å². The van der Waals surface area contributed by atoms with Crippen molar-refractivity contribution in [3.05, 3.63) is 17.0 Å². The van der Waals surface area contributed by atoms with Gasteiger partial charge in [-0.3, -0.25) is 0 Å². The minimum atomic E-state index is -0.874. The summed E-state index contributed by atoms with van der Waals surface area (Å²) in [4.78, 5) is 13.0. The predicted molar refractivity (Wildman–Crippen MR) is 56.4 cm³/mol. The molecule has 5 heteroatoms. The van der Waals surface area contributed by atoms with E-state index >= 15 is 0 Å². The fraction of sp³-hybridized carbons (Fsp3) is 0.444. The van der Waals surface area contributed by atoms with Crippen molar-refractivity contribution < 1.29 is 14.6 Å². The van der Waals surface area contributed by atoms with Crippen LogP contribution in [0.5, 0.6) is 0 Å². The summed E-state index contributed by atoms with van der Waals surface area (Å²) in [6.07, 6.45) is 0. The van der Waals surface area contributed by atoms with E-state index in [2.05, 4.69) is 0 Å². The molecule has 0 aliphatic rings. The van der Waals surface area contributed by atoms with Crippen LogP contribution >= 0.6 is 11.3 Å². The highest BCUT2D eigenvalue weighted by atomic mass is 32.1. The first kappa shape index (κ1) is 11.0. The third-order valence-corrected chi connectivity index (χ3v) is 3.00. The molecule has 1 heterocycles. The fourth-order valence-electron chi connectivity index (χ4n) is 0.986. The van der Waals surface area contributed by atoms with Crippen LogP contribution in [0.15, 0.2) is 12.1 Å². The number of thiophene rings is 1. The van der Waals surface area contributed by atoms with Crippen LogP contribution < -0.4 is 4.90 Å². The standard InChI is InChI=1S/C9H13NO3S/c1-10(5-6-13-2)8-4-3-7(14-8)9(11)12/h3-4H,5-6H2,1-2H3,(H,11,12). The van der Waals surface area contributed by atoms with Gasteiger partial charge in [-0.25, -0.2) is 4.79 Å². The summed E-state index contributed by atoms with van der Waals surface area (Å²) in [5.41, 5.74) is 0. The van der Waals surface area contributed by atoms with E-state index in [9.17, 15) is 4.79 Å². The highest BCUT2D eigenvalue weighted by molar-refractivity contribution is 7.17. The number of carbonyl (C=O) groups is 1. The lowest BCUT2D eigenvalue weighted by molar-refractivity contribution is 0.0702. The summed E-state index contributed by atoms with van der Waals surface area (Å²) in [5.74, 6) is -0.874. The zero-order valence-corrected chi connectivity index (χ0v) is 9.00. The molecule has 0 spiro atoms. The average Bonchev–Trinajstić information content (AvgIpc) is 2.62. The summed E-state index contributed by atoms with van der Waals surface area (Å²) < 4.78 is 4.93. The highest BCUT2D eigenvalue weighted by Crippen LogP contribution is 2.24. The lowest BCUT2D eigenvalue weighted by Crippen LogP contribution is -2.20. The number of hydrogen-bond donors (Lipinski definition) is 1. The number of methoxy groups -OCH3 is 1. The summed E-state index contributed by atoms with van der Waals surface area (Å²) in [7, 11) is 3.56. The SMILES string of the molecule is COCCN(C)c1ccc(C(=O)O)s1. The Morgan fingerprint density at radius 2 is 2.36 bits per heavy atom. The van der Waals surface area contributed by atoms with Crippen LogP contribution in [0.1, 0.15) is 9.67 Å². The number of aromatic carboxylic acids is 1. The van der Waals surface area contributed by atoms with Crippen molar-refractivity contribution in [3.8, 4) is 0 Å². The van der Waals surface area contributed by atoms with E-state index in [1.54, 1.807) is 13.2 Å². The molecule has 0 aromatic carbocycles. The molecule has 1 rings (SSSR count). The van der Waals surface area contributed by atoms with Gasteiger partial charge in [0.1, 0.15) is 4.88 Å². The zero-order valence-electron chi connectivity index (χ0n) is 8.19. The number of anilines is 1. The second-order valence-electron chi connectivity index (χ2n) is 2.86. The van der Waals surface area contributed by atoms with E-state index in [-0.39, 0.29) is 0 Å². The van der Waals surface area contributed by atoms with Crippen molar-refractivity contribution in [1.29, 1.82) is 0 Å². The van der Waals surface area contributed by atoms with Gasteiger partial charge >= 0.3 is 5.97 Å². The lowest BCUT2D eigenvalue weighted by Gasteiger charge is -2.15. The molecule has 14 heavy (non-hydrogen) atoms. The maximum Gasteiger partial charge on any atom is 0.345 e. The predicted octanol–water partition coefficient (Wildman–Crippen LogP) is 1.53. The van der Waals surface area contributed by atoms with Gasteiger partial charge in [0.25, 0.3) is 0 Å². The third kappa shape index (κ3) is 2.71. The summed E-state index contributed by atoms with van der Waals surface area (Å²) in [5, 5.41) is 9.67. The monoisotopic (exact) mass is 215 g/mol. The van der Waals surface area contributed by atoms with E-state index < -0.39 is 5.97 Å². The van der Waals surface area contributed by atoms with Gasteiger partial charge in [-0.1, -0.05) is 0 Å². The van der Waals surface area contributed by atoms with Gasteiger partial charge < -0.3 is 14.7 Å². The first-order valence-electron chi connectivity index (χ1n) is 4.18. The van der Waals surface area contributed by atoms with Gasteiger partial charge in [0, 0.05) is 20.7 Å². The van der Waals surface area contributed by atoms with Gasteiger partial charge in [0.05, 0.1) is 11.6 Å². The molecule has 1 aromatic rings. The van der Waals surface area contributed by atoms with Crippen LogP contribution in [0.3, 0.4) is 0 Å². The van der Waals surface area contributed by atoms with Crippen LogP contribution in [0.2, 0.25) is 0 Å². The normalized spacial score (nSPS) is 10.1. The largest absolute Gasteiger partial charge is 0.477 e. The van der Waals surface area contributed by atoms with Crippen molar-refractivity contribution in [2.75, 3.05) is 32.2 Å². The summed E-state index contributed by atoms with van der Waals surface area (Å²) >= 11 is 1.27. The first-order valence-corrected chi connectivity index (χ1v) is 5.00. The minimum absolute atomic E-state index is 0.365. The number of nitrogens with zero attached hydrogens (tertiary/aromatic N) is 1. The van der Waals surface area contributed by atoms with E-state index in [4.69, 9.17) is 9.84 Å². The van der Waals surface area contributed by atoms with E-state index in [0.29, 0.717) is 11.5 Å². The van der Waals surface area contributed by atoms with Crippen molar-refractivity contribution in [3.63, 3.8) is 0 Å². The van der Waals surface area contributed by atoms with Crippen molar-refractivity contribution in [1.82, 2.24) is 0 Å². The van der Waals surface area contributed by atoms with E-state index in [1.165, 1.54) is 11.3 Å². The average molecular weight is 215 g/mol. The molecule has 0 fully saturated rings. The van der Waals surface area contributed by atoms with Gasteiger partial charge in [0.2, 0.25) is 0 Å². The maximum atomic E-state index is 10.6. The quantitative estimate of drug-likeness (QED) is 0.809.